The second kappa shape index (κ2) is 4.65. The number of benzene rings is 1. The van der Waals surface area contributed by atoms with Gasteiger partial charge in [0.2, 0.25) is 12.8 Å². The van der Waals surface area contributed by atoms with Gasteiger partial charge in [0.15, 0.2) is 0 Å². The summed E-state index contributed by atoms with van der Waals surface area (Å²) in [6.45, 7) is 0.525. The topological polar surface area (TPSA) is 49.4 Å². The van der Waals surface area contributed by atoms with Crippen molar-refractivity contribution in [3.8, 4) is 0 Å². The van der Waals surface area contributed by atoms with Crippen LogP contribution in [0, 0.1) is 0 Å². The van der Waals surface area contributed by atoms with Gasteiger partial charge in [-0.05, 0) is 30.2 Å². The number of anilines is 1. The van der Waals surface area contributed by atoms with Crippen molar-refractivity contribution in [1.29, 1.82) is 0 Å². The molecule has 1 unspecified atom stereocenters. The van der Waals surface area contributed by atoms with Gasteiger partial charge in [0.25, 0.3) is 0 Å². The molecular formula is C11H11BrN2O2. The smallest absolute Gasteiger partial charge is 0.214 e. The van der Waals surface area contributed by atoms with E-state index < -0.39 is 0 Å². The highest BCUT2D eigenvalue weighted by Crippen LogP contribution is 2.28. The average molecular weight is 283 g/mol. The molecule has 1 heterocycles. The molecule has 1 aliphatic heterocycles. The van der Waals surface area contributed by atoms with Crippen molar-refractivity contribution >= 4 is 34.4 Å². The molecule has 0 fully saturated rings. The maximum absolute atomic E-state index is 11.0. The maximum atomic E-state index is 11.0. The monoisotopic (exact) mass is 282 g/mol. The van der Waals surface area contributed by atoms with Crippen LogP contribution in [0.4, 0.5) is 5.69 Å². The van der Waals surface area contributed by atoms with E-state index in [1.807, 2.05) is 18.2 Å². The summed E-state index contributed by atoms with van der Waals surface area (Å²) in [7, 11) is 0. The molecule has 1 N–H and O–H groups in total. The Morgan fingerprint density at radius 2 is 2.25 bits per heavy atom. The van der Waals surface area contributed by atoms with Crippen LogP contribution in [0.5, 0.6) is 0 Å². The van der Waals surface area contributed by atoms with Gasteiger partial charge in [-0.1, -0.05) is 15.9 Å². The van der Waals surface area contributed by atoms with Crippen molar-refractivity contribution in [3.05, 3.63) is 28.2 Å². The number of carbonyl (C=O) groups excluding carboxylic acids is 2. The minimum atomic E-state index is -0.00972. The number of fused-ring (bicyclic) bond motifs is 1. The average Bonchev–Trinajstić information content (AvgIpc) is 2.27. The van der Waals surface area contributed by atoms with Gasteiger partial charge in [0.1, 0.15) is 0 Å². The van der Waals surface area contributed by atoms with Crippen molar-refractivity contribution in [2.45, 2.75) is 12.5 Å². The molecule has 0 saturated carbocycles. The first-order valence-electron chi connectivity index (χ1n) is 4.94. The lowest BCUT2D eigenvalue weighted by molar-refractivity contribution is -0.111. The lowest BCUT2D eigenvalue weighted by Crippen LogP contribution is -2.45. The zero-order chi connectivity index (χ0) is 11.5. The van der Waals surface area contributed by atoms with Crippen LogP contribution in [0.25, 0.3) is 0 Å². The summed E-state index contributed by atoms with van der Waals surface area (Å²) in [6.07, 6.45) is 2.22. The van der Waals surface area contributed by atoms with E-state index in [0.717, 1.165) is 28.6 Å². The van der Waals surface area contributed by atoms with E-state index in [4.69, 9.17) is 0 Å². The largest absolute Gasteiger partial charge is 0.354 e. The number of carbonyl (C=O) groups is 2. The number of hydrogen-bond acceptors (Lipinski definition) is 2. The Bertz CT molecular complexity index is 422. The molecule has 2 rings (SSSR count). The van der Waals surface area contributed by atoms with E-state index in [2.05, 4.69) is 21.2 Å². The molecule has 1 atom stereocenters. The summed E-state index contributed by atoms with van der Waals surface area (Å²) in [5.41, 5.74) is 1.98. The highest BCUT2D eigenvalue weighted by molar-refractivity contribution is 9.10. The summed E-state index contributed by atoms with van der Waals surface area (Å²) in [5.74, 6) is 0. The predicted molar refractivity (Wildman–Crippen MR) is 64.2 cm³/mol. The highest BCUT2D eigenvalue weighted by Gasteiger charge is 2.23. The normalized spacial score (nSPS) is 18.8. The van der Waals surface area contributed by atoms with Crippen molar-refractivity contribution in [1.82, 2.24) is 5.32 Å². The molecule has 0 radical (unpaired) electrons. The fraction of sp³-hybridized carbons (Fsp3) is 0.273. The van der Waals surface area contributed by atoms with Crippen LogP contribution in [-0.4, -0.2) is 25.4 Å². The molecule has 4 nitrogen and oxygen atoms in total. The molecule has 1 aromatic rings. The molecule has 0 aliphatic carbocycles. The minimum absolute atomic E-state index is 0.00972. The fourth-order valence-corrected chi connectivity index (χ4v) is 2.38. The Kier molecular flexibility index (Phi) is 3.24. The van der Waals surface area contributed by atoms with Crippen molar-refractivity contribution in [2.24, 2.45) is 0 Å². The lowest BCUT2D eigenvalue weighted by atomic mass is 9.98. The van der Waals surface area contributed by atoms with Gasteiger partial charge in [-0.15, -0.1) is 0 Å². The van der Waals surface area contributed by atoms with Crippen molar-refractivity contribution < 1.29 is 9.59 Å². The van der Waals surface area contributed by atoms with Crippen LogP contribution >= 0.6 is 15.9 Å². The van der Waals surface area contributed by atoms with Gasteiger partial charge in [-0.2, -0.15) is 0 Å². The van der Waals surface area contributed by atoms with Crippen molar-refractivity contribution in [2.75, 3.05) is 11.4 Å². The third-order valence-electron chi connectivity index (χ3n) is 2.67. The fourth-order valence-electron chi connectivity index (χ4n) is 1.97. The molecule has 0 aromatic heterocycles. The third-order valence-corrected chi connectivity index (χ3v) is 3.16. The van der Waals surface area contributed by atoms with E-state index in [1.54, 1.807) is 4.90 Å². The Morgan fingerprint density at radius 3 is 2.94 bits per heavy atom. The summed E-state index contributed by atoms with van der Waals surface area (Å²) in [5, 5.41) is 2.71. The second-order valence-electron chi connectivity index (χ2n) is 3.72. The molecule has 1 aromatic carbocycles. The van der Waals surface area contributed by atoms with Crippen LogP contribution in [-0.2, 0) is 16.0 Å². The Hall–Kier alpha value is -1.36. The number of halogens is 1. The standard InChI is InChI=1S/C11H11BrN2O2/c12-9-1-2-11-8(3-9)4-10(13-6-15)5-14(11)7-16/h1-3,6-7,10H,4-5H2,(H,13,15). The predicted octanol–water partition coefficient (Wildman–Crippen LogP) is 1.08. The Labute approximate surface area is 102 Å². The van der Waals surface area contributed by atoms with Gasteiger partial charge < -0.3 is 10.2 Å². The number of nitrogens with zero attached hydrogens (tertiary/aromatic N) is 1. The molecule has 1 aliphatic rings. The van der Waals surface area contributed by atoms with Crippen LogP contribution < -0.4 is 10.2 Å². The van der Waals surface area contributed by atoms with Gasteiger partial charge in [0, 0.05) is 16.7 Å². The zero-order valence-corrected chi connectivity index (χ0v) is 10.1. The van der Waals surface area contributed by atoms with Crippen LogP contribution in [0.1, 0.15) is 5.56 Å². The quantitative estimate of drug-likeness (QED) is 0.844. The molecule has 2 amide bonds. The zero-order valence-electron chi connectivity index (χ0n) is 8.52. The maximum Gasteiger partial charge on any atom is 0.214 e. The van der Waals surface area contributed by atoms with Gasteiger partial charge in [-0.25, -0.2) is 0 Å². The van der Waals surface area contributed by atoms with E-state index in [9.17, 15) is 9.59 Å². The van der Waals surface area contributed by atoms with E-state index in [1.165, 1.54) is 0 Å². The number of amides is 2. The first kappa shape index (κ1) is 11.1. The Morgan fingerprint density at radius 1 is 1.44 bits per heavy atom. The van der Waals surface area contributed by atoms with E-state index in [0.29, 0.717) is 13.0 Å². The molecule has 84 valence electrons. The molecule has 0 spiro atoms. The summed E-state index contributed by atoms with van der Waals surface area (Å²) >= 11 is 3.39. The van der Waals surface area contributed by atoms with Gasteiger partial charge >= 0.3 is 0 Å². The molecule has 0 bridgehead atoms. The van der Waals surface area contributed by atoms with Crippen LogP contribution in [0.3, 0.4) is 0 Å². The minimum Gasteiger partial charge on any atom is -0.354 e. The first-order valence-corrected chi connectivity index (χ1v) is 5.74. The summed E-state index contributed by atoms with van der Waals surface area (Å²) in [6, 6.07) is 5.78. The van der Waals surface area contributed by atoms with Gasteiger partial charge in [-0.3, -0.25) is 9.59 Å². The summed E-state index contributed by atoms with van der Waals surface area (Å²) < 4.78 is 0.976. The molecule has 0 saturated heterocycles. The second-order valence-corrected chi connectivity index (χ2v) is 4.63. The Balaban J connectivity index is 2.34. The summed E-state index contributed by atoms with van der Waals surface area (Å²) in [4.78, 5) is 23.0. The lowest BCUT2D eigenvalue weighted by Gasteiger charge is -2.31. The third kappa shape index (κ3) is 2.09. The molecular weight excluding hydrogens is 272 g/mol. The highest BCUT2D eigenvalue weighted by atomic mass is 79.9. The SMILES string of the molecule is O=CNC1Cc2cc(Br)ccc2N(C=O)C1. The molecule has 16 heavy (non-hydrogen) atoms. The van der Waals surface area contributed by atoms with Gasteiger partial charge in [0.05, 0.1) is 6.04 Å². The molecule has 5 heteroatoms. The van der Waals surface area contributed by atoms with E-state index in [-0.39, 0.29) is 6.04 Å². The van der Waals surface area contributed by atoms with E-state index >= 15 is 0 Å². The number of rotatable bonds is 3. The van der Waals surface area contributed by atoms with Crippen molar-refractivity contribution in [3.63, 3.8) is 0 Å². The van der Waals surface area contributed by atoms with Crippen LogP contribution in [0.2, 0.25) is 0 Å². The number of nitrogens with one attached hydrogen (secondary N) is 1. The number of hydrogen-bond donors (Lipinski definition) is 1. The first-order chi connectivity index (χ1) is 7.74. The van der Waals surface area contributed by atoms with Crippen LogP contribution in [0.15, 0.2) is 22.7 Å².